The molecule has 1 atom stereocenters. The van der Waals surface area contributed by atoms with Gasteiger partial charge in [0, 0.05) is 24.6 Å². The fraction of sp³-hybridized carbons (Fsp3) is 1.00. The molecule has 1 aliphatic heterocycles. The van der Waals surface area contributed by atoms with Gasteiger partial charge < -0.3 is 10.1 Å². The van der Waals surface area contributed by atoms with Gasteiger partial charge in [-0.25, -0.2) is 0 Å². The minimum atomic E-state index is 0.477. The van der Waals surface area contributed by atoms with Crippen LogP contribution in [0.3, 0.4) is 0 Å². The van der Waals surface area contributed by atoms with Gasteiger partial charge in [0.15, 0.2) is 0 Å². The molecule has 1 heterocycles. The van der Waals surface area contributed by atoms with Crippen LogP contribution in [0, 0.1) is 5.41 Å². The van der Waals surface area contributed by atoms with Gasteiger partial charge in [-0.05, 0) is 25.7 Å². The van der Waals surface area contributed by atoms with Gasteiger partial charge >= 0.3 is 0 Å². The summed E-state index contributed by atoms with van der Waals surface area (Å²) in [5.41, 5.74) is 0.477. The molecule has 0 bridgehead atoms. The average Bonchev–Trinajstić information content (AvgIpc) is 3.19. The highest BCUT2D eigenvalue weighted by Crippen LogP contribution is 2.35. The Balaban J connectivity index is 1.51. The van der Waals surface area contributed by atoms with Crippen LogP contribution in [0.1, 0.15) is 84.0 Å². The lowest BCUT2D eigenvalue weighted by molar-refractivity contribution is 0.141. The Kier molecular flexibility index (Phi) is 7.37. The first-order valence-corrected chi connectivity index (χ1v) is 9.16. The van der Waals surface area contributed by atoms with Crippen LogP contribution in [0.2, 0.25) is 0 Å². The SMILES string of the molecule is CCCCCCCCCCC1(CNC2CC2)CCOC1. The largest absolute Gasteiger partial charge is 0.381 e. The van der Waals surface area contributed by atoms with Crippen LogP contribution in [0.25, 0.3) is 0 Å². The van der Waals surface area contributed by atoms with E-state index in [1.54, 1.807) is 0 Å². The molecule has 1 N–H and O–H groups in total. The van der Waals surface area contributed by atoms with Gasteiger partial charge in [-0.2, -0.15) is 0 Å². The number of nitrogens with one attached hydrogen (secondary N) is 1. The monoisotopic (exact) mass is 281 g/mol. The van der Waals surface area contributed by atoms with E-state index in [1.165, 1.54) is 83.6 Å². The van der Waals surface area contributed by atoms with Gasteiger partial charge in [-0.3, -0.25) is 0 Å². The topological polar surface area (TPSA) is 21.3 Å². The molecule has 2 rings (SSSR count). The van der Waals surface area contributed by atoms with Crippen molar-refractivity contribution < 1.29 is 4.74 Å². The van der Waals surface area contributed by atoms with Crippen molar-refractivity contribution >= 4 is 0 Å². The van der Waals surface area contributed by atoms with Crippen LogP contribution in [0.4, 0.5) is 0 Å². The van der Waals surface area contributed by atoms with Crippen LogP contribution in [-0.2, 0) is 4.74 Å². The fourth-order valence-corrected chi connectivity index (χ4v) is 3.36. The first kappa shape index (κ1) is 16.3. The van der Waals surface area contributed by atoms with Gasteiger partial charge in [-0.1, -0.05) is 58.3 Å². The minimum absolute atomic E-state index is 0.477. The van der Waals surface area contributed by atoms with Crippen molar-refractivity contribution in [3.8, 4) is 0 Å². The molecule has 118 valence electrons. The van der Waals surface area contributed by atoms with Crippen molar-refractivity contribution in [3.05, 3.63) is 0 Å². The second-order valence-corrected chi connectivity index (χ2v) is 7.18. The summed E-state index contributed by atoms with van der Waals surface area (Å²) in [5.74, 6) is 0. The van der Waals surface area contributed by atoms with Crippen LogP contribution in [0.5, 0.6) is 0 Å². The lowest BCUT2D eigenvalue weighted by Gasteiger charge is -2.28. The summed E-state index contributed by atoms with van der Waals surface area (Å²) in [7, 11) is 0. The Morgan fingerprint density at radius 3 is 2.30 bits per heavy atom. The molecule has 2 fully saturated rings. The molecule has 1 saturated carbocycles. The van der Waals surface area contributed by atoms with E-state index < -0.39 is 0 Å². The fourth-order valence-electron chi connectivity index (χ4n) is 3.36. The third kappa shape index (κ3) is 6.13. The molecule has 0 aromatic carbocycles. The second kappa shape index (κ2) is 9.04. The quantitative estimate of drug-likeness (QED) is 0.525. The van der Waals surface area contributed by atoms with Crippen LogP contribution in [0.15, 0.2) is 0 Å². The van der Waals surface area contributed by atoms with Crippen molar-refractivity contribution in [2.24, 2.45) is 5.41 Å². The predicted molar refractivity (Wildman–Crippen MR) is 86.1 cm³/mol. The van der Waals surface area contributed by atoms with Gasteiger partial charge in [-0.15, -0.1) is 0 Å². The Labute approximate surface area is 126 Å². The molecular weight excluding hydrogens is 246 g/mol. The first-order valence-electron chi connectivity index (χ1n) is 9.16. The zero-order chi connectivity index (χ0) is 14.1. The van der Waals surface area contributed by atoms with E-state index in [4.69, 9.17) is 4.74 Å². The third-order valence-corrected chi connectivity index (χ3v) is 5.09. The number of ether oxygens (including phenoxy) is 1. The third-order valence-electron chi connectivity index (χ3n) is 5.09. The van der Waals surface area contributed by atoms with E-state index in [9.17, 15) is 0 Å². The number of hydrogen-bond donors (Lipinski definition) is 1. The summed E-state index contributed by atoms with van der Waals surface area (Å²) in [6.07, 6.45) is 16.9. The lowest BCUT2D eigenvalue weighted by Crippen LogP contribution is -2.36. The van der Waals surface area contributed by atoms with E-state index in [0.29, 0.717) is 5.41 Å². The summed E-state index contributed by atoms with van der Waals surface area (Å²) in [5, 5.41) is 3.73. The zero-order valence-corrected chi connectivity index (χ0v) is 13.6. The van der Waals surface area contributed by atoms with Gasteiger partial charge in [0.05, 0.1) is 6.61 Å². The molecule has 1 saturated heterocycles. The Morgan fingerprint density at radius 2 is 1.70 bits per heavy atom. The van der Waals surface area contributed by atoms with E-state index in [2.05, 4.69) is 12.2 Å². The highest BCUT2D eigenvalue weighted by atomic mass is 16.5. The normalized spacial score (nSPS) is 26.2. The van der Waals surface area contributed by atoms with E-state index in [-0.39, 0.29) is 0 Å². The van der Waals surface area contributed by atoms with Crippen LogP contribution in [-0.4, -0.2) is 25.8 Å². The maximum atomic E-state index is 5.70. The summed E-state index contributed by atoms with van der Waals surface area (Å²) in [6.45, 7) is 5.49. The molecule has 2 heteroatoms. The van der Waals surface area contributed by atoms with Crippen molar-refractivity contribution in [2.45, 2.75) is 90.0 Å². The highest BCUT2D eigenvalue weighted by Gasteiger charge is 2.35. The first-order chi connectivity index (χ1) is 9.85. The molecule has 0 aromatic rings. The molecule has 2 aliphatic rings. The summed E-state index contributed by atoms with van der Waals surface area (Å²) in [6, 6.07) is 0.839. The van der Waals surface area contributed by atoms with E-state index >= 15 is 0 Å². The number of unbranched alkanes of at least 4 members (excludes halogenated alkanes) is 7. The molecule has 0 spiro atoms. The predicted octanol–water partition coefficient (Wildman–Crippen LogP) is 4.68. The number of hydrogen-bond acceptors (Lipinski definition) is 2. The van der Waals surface area contributed by atoms with E-state index in [1.807, 2.05) is 0 Å². The summed E-state index contributed by atoms with van der Waals surface area (Å²) >= 11 is 0. The number of rotatable bonds is 12. The zero-order valence-electron chi connectivity index (χ0n) is 13.6. The Morgan fingerprint density at radius 1 is 1.00 bits per heavy atom. The molecule has 1 aliphatic carbocycles. The molecule has 20 heavy (non-hydrogen) atoms. The standard InChI is InChI=1S/C18H35NO/c1-2-3-4-5-6-7-8-9-12-18(13-14-20-16-18)15-19-17-10-11-17/h17,19H,2-16H2,1H3. The average molecular weight is 281 g/mol. The summed E-state index contributed by atoms with van der Waals surface area (Å²) < 4.78 is 5.70. The summed E-state index contributed by atoms with van der Waals surface area (Å²) in [4.78, 5) is 0. The molecule has 0 amide bonds. The highest BCUT2D eigenvalue weighted by molar-refractivity contribution is 4.89. The van der Waals surface area contributed by atoms with Crippen LogP contribution < -0.4 is 5.32 Å². The second-order valence-electron chi connectivity index (χ2n) is 7.18. The molecule has 2 nitrogen and oxygen atoms in total. The lowest BCUT2D eigenvalue weighted by atomic mass is 9.81. The van der Waals surface area contributed by atoms with Crippen molar-refractivity contribution in [1.29, 1.82) is 0 Å². The smallest absolute Gasteiger partial charge is 0.0535 e. The minimum Gasteiger partial charge on any atom is -0.381 e. The van der Waals surface area contributed by atoms with Crippen molar-refractivity contribution in [2.75, 3.05) is 19.8 Å². The van der Waals surface area contributed by atoms with Gasteiger partial charge in [0.25, 0.3) is 0 Å². The maximum Gasteiger partial charge on any atom is 0.0535 e. The van der Waals surface area contributed by atoms with Crippen LogP contribution >= 0.6 is 0 Å². The van der Waals surface area contributed by atoms with Gasteiger partial charge in [0.2, 0.25) is 0 Å². The maximum absolute atomic E-state index is 5.70. The van der Waals surface area contributed by atoms with Crippen molar-refractivity contribution in [3.63, 3.8) is 0 Å². The molecule has 0 aromatic heterocycles. The van der Waals surface area contributed by atoms with Crippen molar-refractivity contribution in [1.82, 2.24) is 5.32 Å². The van der Waals surface area contributed by atoms with Gasteiger partial charge in [0.1, 0.15) is 0 Å². The Bertz CT molecular complexity index is 244. The Hall–Kier alpha value is -0.0800. The van der Waals surface area contributed by atoms with E-state index in [0.717, 1.165) is 19.3 Å². The molecule has 0 radical (unpaired) electrons. The molecular formula is C18H35NO. The molecule has 1 unspecified atom stereocenters.